The van der Waals surface area contributed by atoms with Gasteiger partial charge < -0.3 is 10.2 Å². The van der Waals surface area contributed by atoms with Crippen molar-refractivity contribution < 1.29 is 9.18 Å². The minimum atomic E-state index is -0.330. The summed E-state index contributed by atoms with van der Waals surface area (Å²) in [5.74, 6) is 0.565. The molecule has 1 aliphatic heterocycles. The van der Waals surface area contributed by atoms with E-state index in [2.05, 4.69) is 20.2 Å². The molecule has 7 heteroatoms. The molecule has 0 saturated carbocycles. The van der Waals surface area contributed by atoms with Gasteiger partial charge in [-0.1, -0.05) is 30.7 Å². The number of nitrogens with zero attached hydrogens (tertiary/aromatic N) is 3. The van der Waals surface area contributed by atoms with Gasteiger partial charge in [-0.15, -0.1) is 0 Å². The number of carbonyl (C=O) groups is 1. The number of amides is 1. The number of nitrogens with one attached hydrogen (secondary N) is 1. The third-order valence-corrected chi connectivity index (χ3v) is 5.20. The van der Waals surface area contributed by atoms with Crippen LogP contribution in [0, 0.1) is 12.7 Å². The molecule has 0 aliphatic carbocycles. The first-order valence-electron chi connectivity index (χ1n) is 8.88. The average molecular weight is 374 g/mol. The Kier molecular flexibility index (Phi) is 6.44. The molecule has 1 saturated heterocycles. The maximum Gasteiger partial charge on any atom is 0.234 e. The summed E-state index contributed by atoms with van der Waals surface area (Å²) < 4.78 is 13.5. The maximum absolute atomic E-state index is 13.5. The average Bonchev–Trinajstić information content (AvgIpc) is 2.93. The highest BCUT2D eigenvalue weighted by atomic mass is 32.2. The van der Waals surface area contributed by atoms with Gasteiger partial charge in [-0.05, 0) is 43.5 Å². The maximum atomic E-state index is 13.5. The minimum Gasteiger partial charge on any atom is -0.356 e. The predicted molar refractivity (Wildman–Crippen MR) is 103 cm³/mol. The lowest BCUT2D eigenvalue weighted by Crippen LogP contribution is -2.25. The van der Waals surface area contributed by atoms with Gasteiger partial charge in [0.15, 0.2) is 5.16 Å². The molecule has 1 aliphatic rings. The zero-order valence-electron chi connectivity index (χ0n) is 14.9. The summed E-state index contributed by atoms with van der Waals surface area (Å²) >= 11 is 1.28. The van der Waals surface area contributed by atoms with Gasteiger partial charge in [0.2, 0.25) is 5.91 Å². The molecule has 3 rings (SSSR count). The monoisotopic (exact) mass is 374 g/mol. The van der Waals surface area contributed by atoms with Crippen molar-refractivity contribution in [3.8, 4) is 0 Å². The zero-order chi connectivity index (χ0) is 18.4. The van der Waals surface area contributed by atoms with Crippen LogP contribution in [0.1, 0.15) is 31.2 Å². The topological polar surface area (TPSA) is 58.1 Å². The first kappa shape index (κ1) is 18.6. The van der Waals surface area contributed by atoms with Crippen LogP contribution in [0.5, 0.6) is 0 Å². The molecular weight excluding hydrogens is 351 g/mol. The number of thioether (sulfide) groups is 1. The molecule has 5 nitrogen and oxygen atoms in total. The molecule has 0 atom stereocenters. The number of aryl methyl sites for hydroxylation is 1. The van der Waals surface area contributed by atoms with Crippen LogP contribution in [-0.4, -0.2) is 34.7 Å². The van der Waals surface area contributed by atoms with E-state index in [0.717, 1.165) is 18.9 Å². The Balaban J connectivity index is 1.56. The first-order chi connectivity index (χ1) is 12.6. The lowest BCUT2D eigenvalue weighted by atomic mass is 10.2. The fraction of sp³-hybridized carbons (Fsp3) is 0.421. The van der Waals surface area contributed by atoms with Crippen LogP contribution in [0.15, 0.2) is 35.6 Å². The summed E-state index contributed by atoms with van der Waals surface area (Å²) in [6.45, 7) is 3.71. The molecule has 0 radical (unpaired) electrons. The SMILES string of the molecule is Cc1ccc(NC(=O)CSc2nccc(N3CCCCCC3)n2)cc1F. The number of anilines is 2. The fourth-order valence-electron chi connectivity index (χ4n) is 2.88. The molecule has 1 aromatic carbocycles. The van der Waals surface area contributed by atoms with E-state index < -0.39 is 0 Å². The van der Waals surface area contributed by atoms with Crippen molar-refractivity contribution in [2.24, 2.45) is 0 Å². The molecular formula is C19H23FN4OS. The highest BCUT2D eigenvalue weighted by Crippen LogP contribution is 2.21. The Morgan fingerprint density at radius 3 is 2.73 bits per heavy atom. The smallest absolute Gasteiger partial charge is 0.234 e. The summed E-state index contributed by atoms with van der Waals surface area (Å²) in [6.07, 6.45) is 6.64. The number of aromatic nitrogens is 2. The number of benzene rings is 1. The van der Waals surface area contributed by atoms with E-state index in [0.29, 0.717) is 16.4 Å². The van der Waals surface area contributed by atoms with Crippen LogP contribution in [0.2, 0.25) is 0 Å². The van der Waals surface area contributed by atoms with Gasteiger partial charge in [0.1, 0.15) is 11.6 Å². The Morgan fingerprint density at radius 2 is 2.00 bits per heavy atom. The van der Waals surface area contributed by atoms with Gasteiger partial charge in [-0.2, -0.15) is 0 Å². The largest absolute Gasteiger partial charge is 0.356 e. The number of halogens is 1. The minimum absolute atomic E-state index is 0.180. The standard InChI is InChI=1S/C19H23FN4OS/c1-14-6-7-15(12-16(14)20)22-18(25)13-26-19-21-9-8-17(23-19)24-10-4-2-3-5-11-24/h6-9,12H,2-5,10-11,13H2,1H3,(H,22,25). The fourth-order valence-corrected chi connectivity index (χ4v) is 3.50. The quantitative estimate of drug-likeness (QED) is 0.632. The summed E-state index contributed by atoms with van der Waals surface area (Å²) in [6, 6.07) is 6.59. The molecule has 0 bridgehead atoms. The van der Waals surface area contributed by atoms with Crippen LogP contribution in [0.4, 0.5) is 15.9 Å². The van der Waals surface area contributed by atoms with Crippen molar-refractivity contribution >= 4 is 29.2 Å². The van der Waals surface area contributed by atoms with Crippen molar-refractivity contribution in [3.63, 3.8) is 0 Å². The van der Waals surface area contributed by atoms with Gasteiger partial charge in [0.05, 0.1) is 5.75 Å². The Labute approximate surface area is 157 Å². The lowest BCUT2D eigenvalue weighted by Gasteiger charge is -2.21. The van der Waals surface area contributed by atoms with Crippen LogP contribution in [0.25, 0.3) is 0 Å². The second-order valence-electron chi connectivity index (χ2n) is 6.40. The van der Waals surface area contributed by atoms with E-state index >= 15 is 0 Å². The molecule has 26 heavy (non-hydrogen) atoms. The molecule has 2 aromatic rings. The number of carbonyl (C=O) groups excluding carboxylic acids is 1. The van der Waals surface area contributed by atoms with Crippen molar-refractivity contribution in [2.45, 2.75) is 37.8 Å². The normalized spacial score (nSPS) is 14.8. The van der Waals surface area contributed by atoms with Crippen molar-refractivity contribution in [3.05, 3.63) is 41.8 Å². The highest BCUT2D eigenvalue weighted by Gasteiger charge is 2.13. The highest BCUT2D eigenvalue weighted by molar-refractivity contribution is 7.99. The molecule has 1 fully saturated rings. The van der Waals surface area contributed by atoms with Gasteiger partial charge in [-0.25, -0.2) is 14.4 Å². The van der Waals surface area contributed by atoms with E-state index in [1.807, 2.05) is 6.07 Å². The Hall–Kier alpha value is -2.15. The molecule has 1 amide bonds. The van der Waals surface area contributed by atoms with Gasteiger partial charge in [0, 0.05) is 25.0 Å². The Bertz CT molecular complexity index is 763. The van der Waals surface area contributed by atoms with E-state index in [-0.39, 0.29) is 17.5 Å². The molecule has 0 spiro atoms. The summed E-state index contributed by atoms with van der Waals surface area (Å²) in [5.41, 5.74) is 1.01. The lowest BCUT2D eigenvalue weighted by molar-refractivity contribution is -0.113. The van der Waals surface area contributed by atoms with Gasteiger partial charge in [-0.3, -0.25) is 4.79 Å². The van der Waals surface area contributed by atoms with Crippen LogP contribution < -0.4 is 10.2 Å². The van der Waals surface area contributed by atoms with Gasteiger partial charge in [0.25, 0.3) is 0 Å². The number of rotatable bonds is 5. The number of hydrogen-bond acceptors (Lipinski definition) is 5. The second-order valence-corrected chi connectivity index (χ2v) is 7.34. The molecule has 1 aromatic heterocycles. The van der Waals surface area contributed by atoms with E-state index in [1.54, 1.807) is 25.3 Å². The zero-order valence-corrected chi connectivity index (χ0v) is 15.7. The molecule has 0 unspecified atom stereocenters. The van der Waals surface area contributed by atoms with E-state index in [9.17, 15) is 9.18 Å². The van der Waals surface area contributed by atoms with Crippen LogP contribution in [-0.2, 0) is 4.79 Å². The number of hydrogen-bond donors (Lipinski definition) is 1. The first-order valence-corrected chi connectivity index (χ1v) is 9.87. The third kappa shape index (κ3) is 5.17. The van der Waals surface area contributed by atoms with Crippen LogP contribution in [0.3, 0.4) is 0 Å². The van der Waals surface area contributed by atoms with E-state index in [4.69, 9.17) is 0 Å². The van der Waals surface area contributed by atoms with Crippen LogP contribution >= 0.6 is 11.8 Å². The van der Waals surface area contributed by atoms with Crippen molar-refractivity contribution in [1.29, 1.82) is 0 Å². The molecule has 1 N–H and O–H groups in total. The summed E-state index contributed by atoms with van der Waals surface area (Å²) in [5, 5.41) is 3.28. The van der Waals surface area contributed by atoms with Crippen molar-refractivity contribution in [1.82, 2.24) is 9.97 Å². The second kappa shape index (κ2) is 8.98. The van der Waals surface area contributed by atoms with E-state index in [1.165, 1.54) is 43.5 Å². The molecule has 2 heterocycles. The Morgan fingerprint density at radius 1 is 1.23 bits per heavy atom. The van der Waals surface area contributed by atoms with Crippen molar-refractivity contribution in [2.75, 3.05) is 29.1 Å². The predicted octanol–water partition coefficient (Wildman–Crippen LogP) is 4.04. The summed E-state index contributed by atoms with van der Waals surface area (Å²) in [4.78, 5) is 23.2. The van der Waals surface area contributed by atoms with Gasteiger partial charge >= 0.3 is 0 Å². The third-order valence-electron chi connectivity index (χ3n) is 4.34. The summed E-state index contributed by atoms with van der Waals surface area (Å²) in [7, 11) is 0. The molecule has 138 valence electrons.